The molecule has 0 radical (unpaired) electrons. The van der Waals surface area contributed by atoms with Gasteiger partial charge in [-0.2, -0.15) is 0 Å². The number of nitrogens with zero attached hydrogens (tertiary/aromatic N) is 3. The topological polar surface area (TPSA) is 49.9 Å². The van der Waals surface area contributed by atoms with E-state index in [1.807, 2.05) is 13.8 Å². The van der Waals surface area contributed by atoms with Crippen LogP contribution in [0.1, 0.15) is 13.8 Å². The molecule has 0 spiro atoms. The fourth-order valence-electron chi connectivity index (χ4n) is 1.12. The molecule has 0 aromatic heterocycles. The minimum atomic E-state index is 0. The van der Waals surface area contributed by atoms with E-state index in [0.29, 0.717) is 29.6 Å². The van der Waals surface area contributed by atoms with Gasteiger partial charge in [0, 0.05) is 6.07 Å². The quantitative estimate of drug-likeness (QED) is 0.582. The Morgan fingerprint density at radius 1 is 1.29 bits per heavy atom. The first kappa shape index (κ1) is 15.9. The molecule has 0 unspecified atom stereocenters. The Morgan fingerprint density at radius 3 is 2.29 bits per heavy atom. The van der Waals surface area contributed by atoms with Gasteiger partial charge in [-0.3, -0.25) is 0 Å². The van der Waals surface area contributed by atoms with Crippen molar-refractivity contribution >= 4 is 23.0 Å². The molecule has 0 bridgehead atoms. The van der Waals surface area contributed by atoms with E-state index in [1.54, 1.807) is 12.1 Å². The Hall–Kier alpha value is -1.06. The summed E-state index contributed by atoms with van der Waals surface area (Å²) in [5, 5.41) is 10.2. The lowest BCUT2D eigenvalue weighted by atomic mass is 10.3. The summed E-state index contributed by atoms with van der Waals surface area (Å²) < 4.78 is 0. The number of rotatable bonds is 5. The molecule has 1 aromatic rings. The summed E-state index contributed by atoms with van der Waals surface area (Å²) in [6, 6.07) is 4.77. The van der Waals surface area contributed by atoms with Gasteiger partial charge in [0.05, 0.1) is 24.3 Å². The third kappa shape index (κ3) is 4.36. The second kappa shape index (κ2) is 8.09. The Bertz CT molecular complexity index is 390. The van der Waals surface area contributed by atoms with Gasteiger partial charge in [0.1, 0.15) is 5.69 Å². The van der Waals surface area contributed by atoms with Gasteiger partial charge >= 0.3 is 5.69 Å². The first-order valence-electron chi connectivity index (χ1n) is 4.93. The summed E-state index contributed by atoms with van der Waals surface area (Å²) in [7, 11) is 0. The maximum atomic E-state index is 8.59. The molecular weight excluding hydrogens is 265 g/mol. The molecule has 7 heteroatoms. The summed E-state index contributed by atoms with van der Waals surface area (Å²) in [6.07, 6.45) is 0. The van der Waals surface area contributed by atoms with Crippen molar-refractivity contribution in [2.24, 2.45) is 0 Å². The Labute approximate surface area is 111 Å². The molecule has 0 fully saturated rings. The maximum absolute atomic E-state index is 8.59. The molecule has 17 heavy (non-hydrogen) atoms. The number of halogens is 2. The summed E-state index contributed by atoms with van der Waals surface area (Å²) in [4.78, 5) is 13.6. The number of anilines is 1. The Balaban J connectivity index is 0.00000256. The molecule has 0 aliphatic heterocycles. The van der Waals surface area contributed by atoms with E-state index in [0.717, 1.165) is 0 Å². The van der Waals surface area contributed by atoms with Crippen LogP contribution in [0.3, 0.4) is 0 Å². The van der Waals surface area contributed by atoms with E-state index >= 15 is 0 Å². The van der Waals surface area contributed by atoms with Gasteiger partial charge in [0.25, 0.3) is 0 Å². The van der Waals surface area contributed by atoms with Crippen LogP contribution in [-0.4, -0.2) is 13.2 Å². The zero-order valence-electron chi connectivity index (χ0n) is 9.56. The zero-order chi connectivity index (χ0) is 12.0. The fourth-order valence-corrected chi connectivity index (χ4v) is 1.36. The highest BCUT2D eigenvalue weighted by Crippen LogP contribution is 2.30. The molecule has 0 atom stereocenters. The van der Waals surface area contributed by atoms with E-state index in [1.165, 1.54) is 11.3 Å². The molecule has 1 aromatic carbocycles. The van der Waals surface area contributed by atoms with Crippen molar-refractivity contribution in [2.75, 3.05) is 18.4 Å². The second-order valence-electron chi connectivity index (χ2n) is 2.83. The molecule has 94 valence electrons. The van der Waals surface area contributed by atoms with Crippen molar-refractivity contribution in [1.29, 1.82) is 5.39 Å². The zero-order valence-corrected chi connectivity index (χ0v) is 11.1. The summed E-state index contributed by atoms with van der Waals surface area (Å²) in [5.74, 6) is 0. The van der Waals surface area contributed by atoms with Crippen LogP contribution in [0.2, 0.25) is 5.02 Å². The standard InChI is InChI=1S/C10H13ClN3O2.ClH/c1-3-15-14(16-4-2)10-6-5-8(13-12)7-9(10)11;/h5-7H,3-4H2,1-2H3;1H/q+1;/p-1. The third-order valence-electron chi connectivity index (χ3n) is 1.74. The van der Waals surface area contributed by atoms with Crippen LogP contribution in [-0.2, 0) is 9.68 Å². The Kier molecular flexibility index (Phi) is 7.59. The minimum Gasteiger partial charge on any atom is -1.00 e. The number of diazo groups is 1. The predicted molar refractivity (Wildman–Crippen MR) is 61.9 cm³/mol. The molecule has 0 amide bonds. The van der Waals surface area contributed by atoms with E-state index in [9.17, 15) is 0 Å². The Morgan fingerprint density at radius 2 is 1.88 bits per heavy atom. The molecular formula is C10H13Cl2N3O2. The monoisotopic (exact) mass is 277 g/mol. The molecule has 0 aliphatic carbocycles. The highest BCUT2D eigenvalue weighted by atomic mass is 35.5. The van der Waals surface area contributed by atoms with Gasteiger partial charge in [0.2, 0.25) is 5.39 Å². The van der Waals surface area contributed by atoms with Gasteiger partial charge in [0.15, 0.2) is 4.98 Å². The highest BCUT2D eigenvalue weighted by molar-refractivity contribution is 6.33. The molecule has 1 rings (SSSR count). The first-order chi connectivity index (χ1) is 7.72. The summed E-state index contributed by atoms with van der Waals surface area (Å²) >= 11 is 6.00. The van der Waals surface area contributed by atoms with Gasteiger partial charge in [-0.05, 0) is 19.9 Å². The molecule has 0 N–H and O–H groups in total. The maximum Gasteiger partial charge on any atom is 0.386 e. The van der Waals surface area contributed by atoms with E-state index in [4.69, 9.17) is 26.7 Å². The minimum absolute atomic E-state index is 0. The van der Waals surface area contributed by atoms with Crippen LogP contribution in [0.25, 0.3) is 4.98 Å². The average Bonchev–Trinajstić information content (AvgIpc) is 2.29. The summed E-state index contributed by atoms with van der Waals surface area (Å²) in [6.45, 7) is 4.61. The van der Waals surface area contributed by atoms with Gasteiger partial charge in [-0.25, -0.2) is 9.68 Å². The van der Waals surface area contributed by atoms with Crippen LogP contribution in [0, 0.1) is 5.39 Å². The van der Waals surface area contributed by atoms with Crippen molar-refractivity contribution < 1.29 is 22.1 Å². The van der Waals surface area contributed by atoms with Crippen LogP contribution in [0.15, 0.2) is 18.2 Å². The van der Waals surface area contributed by atoms with Crippen molar-refractivity contribution in [2.45, 2.75) is 13.8 Å². The van der Waals surface area contributed by atoms with Gasteiger partial charge in [-0.1, -0.05) is 11.6 Å². The van der Waals surface area contributed by atoms with Gasteiger partial charge < -0.3 is 12.4 Å². The van der Waals surface area contributed by atoms with E-state index < -0.39 is 0 Å². The highest BCUT2D eigenvalue weighted by Gasteiger charge is 2.15. The van der Waals surface area contributed by atoms with E-state index in [2.05, 4.69) is 4.98 Å². The lowest BCUT2D eigenvalue weighted by Crippen LogP contribution is -3.00. The fraction of sp³-hybridized carbons (Fsp3) is 0.400. The van der Waals surface area contributed by atoms with Crippen molar-refractivity contribution in [1.82, 2.24) is 0 Å². The van der Waals surface area contributed by atoms with Crippen LogP contribution in [0.4, 0.5) is 11.4 Å². The van der Waals surface area contributed by atoms with E-state index in [-0.39, 0.29) is 12.4 Å². The molecule has 0 saturated heterocycles. The number of hydrogen-bond donors (Lipinski definition) is 0. The lowest BCUT2D eigenvalue weighted by molar-refractivity contribution is -0.0816. The van der Waals surface area contributed by atoms with Crippen molar-refractivity contribution in [3.8, 4) is 0 Å². The molecule has 0 heterocycles. The van der Waals surface area contributed by atoms with Crippen LogP contribution < -0.4 is 17.6 Å². The molecule has 0 saturated carbocycles. The predicted octanol–water partition coefficient (Wildman–Crippen LogP) is 0.538. The van der Waals surface area contributed by atoms with Crippen molar-refractivity contribution in [3.63, 3.8) is 0 Å². The first-order valence-corrected chi connectivity index (χ1v) is 5.31. The second-order valence-corrected chi connectivity index (χ2v) is 3.24. The van der Waals surface area contributed by atoms with Crippen LogP contribution in [0.5, 0.6) is 0 Å². The molecule has 5 nitrogen and oxygen atoms in total. The van der Waals surface area contributed by atoms with Crippen LogP contribution >= 0.6 is 11.6 Å². The number of hydrogen-bond acceptors (Lipinski definition) is 4. The molecule has 0 aliphatic rings. The number of benzene rings is 1. The van der Waals surface area contributed by atoms with Crippen molar-refractivity contribution in [3.05, 3.63) is 28.2 Å². The smallest absolute Gasteiger partial charge is 0.386 e. The largest absolute Gasteiger partial charge is 1.00 e. The average molecular weight is 278 g/mol. The summed E-state index contributed by atoms with van der Waals surface area (Å²) in [5.41, 5.74) is 0.944. The SMILES string of the molecule is CCON(OCC)c1ccc([N+]#N)cc1Cl.[Cl-]. The lowest BCUT2D eigenvalue weighted by Gasteiger charge is -2.21. The third-order valence-corrected chi connectivity index (χ3v) is 2.04. The normalized spacial score (nSPS) is 9.29. The van der Waals surface area contributed by atoms with Gasteiger partial charge in [-0.15, -0.1) is 5.23 Å².